The highest BCUT2D eigenvalue weighted by Gasteiger charge is 2.27. The molecule has 1 aromatic heterocycles. The van der Waals surface area contributed by atoms with Crippen LogP contribution in [-0.4, -0.2) is 63.4 Å². The Morgan fingerprint density at radius 3 is 2.48 bits per heavy atom. The fourth-order valence-corrected chi connectivity index (χ4v) is 5.57. The topological polar surface area (TPSA) is 70.6 Å². The van der Waals surface area contributed by atoms with E-state index < -0.39 is 9.84 Å². The molecule has 3 aromatic rings. The zero-order chi connectivity index (χ0) is 21.9. The second-order valence-corrected chi connectivity index (χ2v) is 11.1. The minimum Gasteiger partial charge on any atom is -0.308 e. The van der Waals surface area contributed by atoms with Crippen LogP contribution in [0.25, 0.3) is 10.2 Å². The monoisotopic (exact) mass is 499 g/mol. The molecule has 0 atom stereocenters. The van der Waals surface area contributed by atoms with Gasteiger partial charge >= 0.3 is 0 Å². The molecule has 1 amide bonds. The SMILES string of the molecule is CCS(=O)(=O)c1ccccc1C(=O)N(CCN(C)C)c1nc2ccc(SC)cc2s1.Cl. The number of anilines is 1. The number of thioether (sulfide) groups is 1. The molecule has 31 heavy (non-hydrogen) atoms. The first kappa shape index (κ1) is 25.6. The highest BCUT2D eigenvalue weighted by Crippen LogP contribution is 2.33. The van der Waals surface area contributed by atoms with E-state index in [2.05, 4.69) is 11.1 Å². The summed E-state index contributed by atoms with van der Waals surface area (Å²) < 4.78 is 26.1. The number of aromatic nitrogens is 1. The predicted octanol–water partition coefficient (Wildman–Crippen LogP) is 4.44. The largest absolute Gasteiger partial charge is 0.308 e. The molecule has 0 saturated carbocycles. The van der Waals surface area contributed by atoms with Crippen LogP contribution >= 0.6 is 35.5 Å². The smallest absolute Gasteiger partial charge is 0.261 e. The average molecular weight is 500 g/mol. The van der Waals surface area contributed by atoms with Gasteiger partial charge in [-0.05, 0) is 50.7 Å². The van der Waals surface area contributed by atoms with E-state index >= 15 is 0 Å². The number of nitrogens with zero attached hydrogens (tertiary/aromatic N) is 3. The van der Waals surface area contributed by atoms with Crippen molar-refractivity contribution >= 4 is 66.6 Å². The first-order valence-electron chi connectivity index (χ1n) is 9.49. The second-order valence-electron chi connectivity index (χ2n) is 6.99. The summed E-state index contributed by atoms with van der Waals surface area (Å²) in [7, 11) is 0.331. The van der Waals surface area contributed by atoms with Crippen LogP contribution in [-0.2, 0) is 9.84 Å². The quantitative estimate of drug-likeness (QED) is 0.427. The lowest BCUT2D eigenvalue weighted by molar-refractivity contribution is 0.0982. The van der Waals surface area contributed by atoms with Crippen molar-refractivity contribution in [2.75, 3.05) is 44.1 Å². The van der Waals surface area contributed by atoms with E-state index in [0.29, 0.717) is 18.2 Å². The van der Waals surface area contributed by atoms with Crippen molar-refractivity contribution in [1.82, 2.24) is 9.88 Å². The molecular formula is C21H26ClN3O3S3. The Kier molecular flexibility index (Phi) is 8.91. The molecule has 0 unspecified atom stereocenters. The van der Waals surface area contributed by atoms with Gasteiger partial charge in [0.05, 0.1) is 26.4 Å². The van der Waals surface area contributed by atoms with Crippen molar-refractivity contribution in [3.05, 3.63) is 48.0 Å². The first-order valence-corrected chi connectivity index (χ1v) is 13.2. The normalized spacial score (nSPS) is 11.5. The van der Waals surface area contributed by atoms with E-state index in [9.17, 15) is 13.2 Å². The Balaban J connectivity index is 0.00000341. The lowest BCUT2D eigenvalue weighted by Gasteiger charge is -2.23. The lowest BCUT2D eigenvalue weighted by atomic mass is 10.2. The van der Waals surface area contributed by atoms with Gasteiger partial charge in [0.15, 0.2) is 15.0 Å². The lowest BCUT2D eigenvalue weighted by Crippen LogP contribution is -2.37. The second kappa shape index (κ2) is 10.8. The van der Waals surface area contributed by atoms with Gasteiger partial charge in [0.1, 0.15) is 0 Å². The molecular weight excluding hydrogens is 474 g/mol. The van der Waals surface area contributed by atoms with Crippen molar-refractivity contribution in [2.45, 2.75) is 16.7 Å². The third-order valence-corrected chi connectivity index (χ3v) is 8.22. The number of amides is 1. The molecule has 3 rings (SSSR count). The van der Waals surface area contributed by atoms with Crippen LogP contribution in [0.4, 0.5) is 5.13 Å². The Bertz CT molecular complexity index is 1160. The summed E-state index contributed by atoms with van der Waals surface area (Å²) in [4.78, 5) is 23.0. The molecule has 0 saturated heterocycles. The van der Waals surface area contributed by atoms with E-state index in [-0.39, 0.29) is 34.5 Å². The van der Waals surface area contributed by atoms with Crippen LogP contribution in [0.2, 0.25) is 0 Å². The van der Waals surface area contributed by atoms with Gasteiger partial charge in [0.25, 0.3) is 5.91 Å². The van der Waals surface area contributed by atoms with Crippen molar-refractivity contribution in [3.63, 3.8) is 0 Å². The summed E-state index contributed by atoms with van der Waals surface area (Å²) in [6, 6.07) is 12.4. The zero-order valence-corrected chi connectivity index (χ0v) is 21.1. The van der Waals surface area contributed by atoms with Gasteiger partial charge < -0.3 is 4.90 Å². The number of benzene rings is 2. The summed E-state index contributed by atoms with van der Waals surface area (Å²) >= 11 is 3.09. The van der Waals surface area contributed by atoms with E-state index in [4.69, 9.17) is 0 Å². The average Bonchev–Trinajstić information content (AvgIpc) is 3.16. The third kappa shape index (κ3) is 5.78. The zero-order valence-electron chi connectivity index (χ0n) is 17.9. The Morgan fingerprint density at radius 1 is 1.13 bits per heavy atom. The van der Waals surface area contributed by atoms with Crippen LogP contribution in [0.15, 0.2) is 52.3 Å². The third-order valence-electron chi connectivity index (χ3n) is 4.66. The van der Waals surface area contributed by atoms with Gasteiger partial charge in [0.2, 0.25) is 0 Å². The Morgan fingerprint density at radius 2 is 1.84 bits per heavy atom. The van der Waals surface area contributed by atoms with E-state index in [1.165, 1.54) is 17.4 Å². The molecule has 10 heteroatoms. The maximum Gasteiger partial charge on any atom is 0.261 e. The van der Waals surface area contributed by atoms with Crippen LogP contribution in [0.3, 0.4) is 0 Å². The number of rotatable bonds is 8. The summed E-state index contributed by atoms with van der Waals surface area (Å²) in [5, 5.41) is 0.568. The number of likely N-dealkylation sites (N-methyl/N-ethyl adjacent to an activating group) is 1. The van der Waals surface area contributed by atoms with Gasteiger partial charge in [0, 0.05) is 18.0 Å². The van der Waals surface area contributed by atoms with Gasteiger partial charge in [-0.25, -0.2) is 13.4 Å². The van der Waals surface area contributed by atoms with Crippen molar-refractivity contribution in [2.24, 2.45) is 0 Å². The molecule has 6 nitrogen and oxygen atoms in total. The predicted molar refractivity (Wildman–Crippen MR) is 133 cm³/mol. The molecule has 0 radical (unpaired) electrons. The number of carbonyl (C=O) groups excluding carboxylic acids is 1. The maximum atomic E-state index is 13.5. The summed E-state index contributed by atoms with van der Waals surface area (Å²) in [6.07, 6.45) is 2.02. The maximum absolute atomic E-state index is 13.5. The fraction of sp³-hybridized carbons (Fsp3) is 0.333. The molecule has 0 aliphatic heterocycles. The fourth-order valence-electron chi connectivity index (χ4n) is 2.93. The molecule has 2 aromatic carbocycles. The van der Waals surface area contributed by atoms with Gasteiger partial charge in [-0.1, -0.05) is 30.4 Å². The summed E-state index contributed by atoms with van der Waals surface area (Å²) in [6.45, 7) is 2.61. The van der Waals surface area contributed by atoms with Crippen molar-refractivity contribution in [1.29, 1.82) is 0 Å². The standard InChI is InChI=1S/C21H25N3O3S3.ClH/c1-5-30(26,27)19-9-7-6-8-16(19)20(25)24(13-12-23(2)3)21-22-17-11-10-15(28-4)14-18(17)29-21;/h6-11,14H,5,12-13H2,1-4H3;1H. The number of thiazole rings is 1. The van der Waals surface area contributed by atoms with Gasteiger partial charge in [-0.3, -0.25) is 9.69 Å². The minimum absolute atomic E-state index is 0. The first-order chi connectivity index (χ1) is 14.3. The number of hydrogen-bond donors (Lipinski definition) is 0. The highest BCUT2D eigenvalue weighted by atomic mass is 35.5. The molecule has 0 fully saturated rings. The Labute approximate surface area is 198 Å². The van der Waals surface area contributed by atoms with Crippen molar-refractivity contribution < 1.29 is 13.2 Å². The molecule has 0 spiro atoms. The number of hydrogen-bond acceptors (Lipinski definition) is 7. The van der Waals surface area contributed by atoms with Gasteiger partial charge in [-0.2, -0.15) is 0 Å². The number of carbonyl (C=O) groups is 1. The van der Waals surface area contributed by atoms with Gasteiger partial charge in [-0.15, -0.1) is 24.2 Å². The van der Waals surface area contributed by atoms with E-state index in [0.717, 1.165) is 15.1 Å². The van der Waals surface area contributed by atoms with E-state index in [1.54, 1.807) is 41.8 Å². The highest BCUT2D eigenvalue weighted by molar-refractivity contribution is 7.98. The van der Waals surface area contributed by atoms with Crippen LogP contribution in [0, 0.1) is 0 Å². The molecule has 1 heterocycles. The van der Waals surface area contributed by atoms with Crippen LogP contribution < -0.4 is 4.90 Å². The number of halogens is 1. The van der Waals surface area contributed by atoms with E-state index in [1.807, 2.05) is 37.4 Å². The molecule has 0 aliphatic rings. The number of sulfone groups is 1. The molecule has 168 valence electrons. The summed E-state index contributed by atoms with van der Waals surface area (Å²) in [5.41, 5.74) is 1.01. The molecule has 0 bridgehead atoms. The minimum atomic E-state index is -3.53. The molecule has 0 N–H and O–H groups in total. The van der Waals surface area contributed by atoms with Crippen LogP contribution in [0.5, 0.6) is 0 Å². The van der Waals surface area contributed by atoms with Crippen LogP contribution in [0.1, 0.15) is 17.3 Å². The summed E-state index contributed by atoms with van der Waals surface area (Å²) in [5.74, 6) is -0.415. The van der Waals surface area contributed by atoms with Crippen molar-refractivity contribution in [3.8, 4) is 0 Å². The molecule has 0 aliphatic carbocycles. The Hall–Kier alpha value is -1.65. The number of fused-ring (bicyclic) bond motifs is 1.